The molecule has 0 spiro atoms. The number of hydrogen-bond acceptors (Lipinski definition) is 2. The first-order valence-electron chi connectivity index (χ1n) is 6.65. The molecular weight excluding hydrogens is 222 g/mol. The van der Waals surface area contributed by atoms with Gasteiger partial charge in [0.1, 0.15) is 5.82 Å². The van der Waals surface area contributed by atoms with Gasteiger partial charge in [-0.05, 0) is 38.8 Å². The molecule has 0 N–H and O–H groups in total. The molecule has 1 aliphatic rings. The lowest BCUT2D eigenvalue weighted by Gasteiger charge is -2.28. The normalized spacial score (nSPS) is 23.6. The van der Waals surface area contributed by atoms with Crippen LogP contribution in [0.5, 0.6) is 0 Å². The van der Waals surface area contributed by atoms with Crippen LogP contribution in [0.25, 0.3) is 5.69 Å². The molecule has 2 atom stereocenters. The molecule has 0 amide bonds. The van der Waals surface area contributed by atoms with E-state index in [4.69, 9.17) is 0 Å². The summed E-state index contributed by atoms with van der Waals surface area (Å²) in [6.07, 6.45) is 4.42. The number of aromatic nitrogens is 2. The molecule has 3 nitrogen and oxygen atoms in total. The predicted octanol–water partition coefficient (Wildman–Crippen LogP) is 3.25. The van der Waals surface area contributed by atoms with Gasteiger partial charge in [-0.1, -0.05) is 18.2 Å². The highest BCUT2D eigenvalue weighted by atomic mass is 15.4. The van der Waals surface area contributed by atoms with Crippen LogP contribution in [0.4, 0.5) is 5.82 Å². The third-order valence-electron chi connectivity index (χ3n) is 3.84. The van der Waals surface area contributed by atoms with Crippen LogP contribution < -0.4 is 4.90 Å². The van der Waals surface area contributed by atoms with Crippen molar-refractivity contribution in [3.8, 4) is 5.69 Å². The third kappa shape index (κ3) is 1.80. The van der Waals surface area contributed by atoms with Gasteiger partial charge in [0.05, 0.1) is 11.9 Å². The van der Waals surface area contributed by atoms with Crippen LogP contribution >= 0.6 is 0 Å². The summed E-state index contributed by atoms with van der Waals surface area (Å²) in [5, 5.41) is 4.47. The highest BCUT2D eigenvalue weighted by Gasteiger charge is 2.29. The van der Waals surface area contributed by atoms with Crippen molar-refractivity contribution in [2.75, 3.05) is 4.90 Å². The first kappa shape index (κ1) is 11.3. The van der Waals surface area contributed by atoms with E-state index in [-0.39, 0.29) is 0 Å². The lowest BCUT2D eigenvalue weighted by atomic mass is 10.2. The van der Waals surface area contributed by atoms with Gasteiger partial charge in [0.15, 0.2) is 0 Å². The van der Waals surface area contributed by atoms with Gasteiger partial charge in [-0.15, -0.1) is 0 Å². The van der Waals surface area contributed by atoms with Gasteiger partial charge in [0.2, 0.25) is 0 Å². The Hall–Kier alpha value is -1.77. The van der Waals surface area contributed by atoms with E-state index in [1.165, 1.54) is 18.7 Å². The molecule has 2 unspecified atom stereocenters. The maximum Gasteiger partial charge on any atom is 0.132 e. The van der Waals surface area contributed by atoms with E-state index in [1.54, 1.807) is 0 Å². The van der Waals surface area contributed by atoms with E-state index in [2.05, 4.69) is 54.2 Å². The van der Waals surface area contributed by atoms with E-state index in [0.29, 0.717) is 12.1 Å². The molecule has 1 aliphatic heterocycles. The van der Waals surface area contributed by atoms with Crippen LogP contribution in [-0.2, 0) is 0 Å². The SMILES string of the molecule is CC1CCC(C)N1c1ccnn1-c1ccccc1. The second-order valence-electron chi connectivity index (χ2n) is 5.12. The van der Waals surface area contributed by atoms with Gasteiger partial charge in [-0.25, -0.2) is 4.68 Å². The van der Waals surface area contributed by atoms with Gasteiger partial charge in [0, 0.05) is 18.2 Å². The van der Waals surface area contributed by atoms with E-state index < -0.39 is 0 Å². The molecule has 1 aromatic carbocycles. The number of rotatable bonds is 2. The molecule has 3 heteroatoms. The summed E-state index contributed by atoms with van der Waals surface area (Å²) in [6.45, 7) is 4.59. The third-order valence-corrected chi connectivity index (χ3v) is 3.84. The number of benzene rings is 1. The van der Waals surface area contributed by atoms with Crippen LogP contribution in [-0.4, -0.2) is 21.9 Å². The first-order chi connectivity index (χ1) is 8.77. The van der Waals surface area contributed by atoms with Crippen LogP contribution in [0.15, 0.2) is 42.6 Å². The zero-order chi connectivity index (χ0) is 12.5. The van der Waals surface area contributed by atoms with Crippen LogP contribution in [0, 0.1) is 0 Å². The lowest BCUT2D eigenvalue weighted by molar-refractivity contribution is 0.664. The molecule has 1 aromatic heterocycles. The van der Waals surface area contributed by atoms with Crippen LogP contribution in [0.1, 0.15) is 26.7 Å². The Morgan fingerprint density at radius 1 is 1.00 bits per heavy atom. The standard InChI is InChI=1S/C15H19N3/c1-12-8-9-13(2)17(12)15-10-11-16-18(15)14-6-4-3-5-7-14/h3-7,10-13H,8-9H2,1-2H3. The van der Waals surface area contributed by atoms with Gasteiger partial charge in [-0.3, -0.25) is 0 Å². The Morgan fingerprint density at radius 2 is 1.67 bits per heavy atom. The van der Waals surface area contributed by atoms with Crippen molar-refractivity contribution in [3.05, 3.63) is 42.6 Å². The second-order valence-corrected chi connectivity index (χ2v) is 5.12. The summed E-state index contributed by atoms with van der Waals surface area (Å²) in [4.78, 5) is 2.49. The number of anilines is 1. The largest absolute Gasteiger partial charge is 0.351 e. The van der Waals surface area contributed by atoms with E-state index in [9.17, 15) is 0 Å². The van der Waals surface area contributed by atoms with Crippen molar-refractivity contribution in [3.63, 3.8) is 0 Å². The molecule has 3 rings (SSSR count). The Bertz CT molecular complexity index is 508. The van der Waals surface area contributed by atoms with E-state index in [1.807, 2.05) is 16.9 Å². The summed E-state index contributed by atoms with van der Waals surface area (Å²) in [6, 6.07) is 13.6. The molecule has 0 bridgehead atoms. The second kappa shape index (κ2) is 4.48. The molecule has 0 saturated carbocycles. The highest BCUT2D eigenvalue weighted by molar-refractivity contribution is 5.49. The minimum atomic E-state index is 0.596. The zero-order valence-electron chi connectivity index (χ0n) is 11.0. The maximum atomic E-state index is 4.47. The average Bonchev–Trinajstić information content (AvgIpc) is 2.97. The highest BCUT2D eigenvalue weighted by Crippen LogP contribution is 2.31. The quantitative estimate of drug-likeness (QED) is 0.804. The lowest BCUT2D eigenvalue weighted by Crippen LogP contribution is -2.34. The van der Waals surface area contributed by atoms with Crippen molar-refractivity contribution >= 4 is 5.82 Å². The van der Waals surface area contributed by atoms with Gasteiger partial charge >= 0.3 is 0 Å². The molecule has 1 fully saturated rings. The molecule has 0 radical (unpaired) electrons. The van der Waals surface area contributed by atoms with Crippen molar-refractivity contribution < 1.29 is 0 Å². The Morgan fingerprint density at radius 3 is 2.33 bits per heavy atom. The first-order valence-corrected chi connectivity index (χ1v) is 6.65. The predicted molar refractivity (Wildman–Crippen MR) is 74.2 cm³/mol. The summed E-state index contributed by atoms with van der Waals surface area (Å²) in [7, 11) is 0. The molecule has 0 aliphatic carbocycles. The smallest absolute Gasteiger partial charge is 0.132 e. The number of hydrogen-bond donors (Lipinski definition) is 0. The summed E-state index contributed by atoms with van der Waals surface area (Å²) in [5.74, 6) is 1.21. The van der Waals surface area contributed by atoms with Crippen molar-refractivity contribution in [1.29, 1.82) is 0 Å². The van der Waals surface area contributed by atoms with Crippen molar-refractivity contribution in [2.24, 2.45) is 0 Å². The summed E-state index contributed by atoms with van der Waals surface area (Å²) in [5.41, 5.74) is 1.13. The molecule has 1 saturated heterocycles. The number of para-hydroxylation sites is 1. The van der Waals surface area contributed by atoms with Crippen LogP contribution in [0.3, 0.4) is 0 Å². The number of nitrogens with zero attached hydrogens (tertiary/aromatic N) is 3. The Balaban J connectivity index is 2.02. The fraction of sp³-hybridized carbons (Fsp3) is 0.400. The van der Waals surface area contributed by atoms with Gasteiger partial charge < -0.3 is 4.90 Å². The molecule has 18 heavy (non-hydrogen) atoms. The Labute approximate surface area is 108 Å². The molecular formula is C15H19N3. The minimum Gasteiger partial charge on any atom is -0.351 e. The molecule has 2 heterocycles. The van der Waals surface area contributed by atoms with Crippen LogP contribution in [0.2, 0.25) is 0 Å². The van der Waals surface area contributed by atoms with E-state index >= 15 is 0 Å². The topological polar surface area (TPSA) is 21.1 Å². The molecule has 94 valence electrons. The average molecular weight is 241 g/mol. The summed E-state index contributed by atoms with van der Waals surface area (Å²) < 4.78 is 2.04. The van der Waals surface area contributed by atoms with Gasteiger partial charge in [-0.2, -0.15) is 5.10 Å². The fourth-order valence-electron chi connectivity index (χ4n) is 2.91. The van der Waals surface area contributed by atoms with Crippen molar-refractivity contribution in [1.82, 2.24) is 9.78 Å². The maximum absolute atomic E-state index is 4.47. The van der Waals surface area contributed by atoms with Crippen molar-refractivity contribution in [2.45, 2.75) is 38.8 Å². The summed E-state index contributed by atoms with van der Waals surface area (Å²) >= 11 is 0. The molecule has 2 aromatic rings. The minimum absolute atomic E-state index is 0.596. The van der Waals surface area contributed by atoms with E-state index in [0.717, 1.165) is 5.69 Å². The zero-order valence-corrected chi connectivity index (χ0v) is 11.0. The monoisotopic (exact) mass is 241 g/mol. The fourth-order valence-corrected chi connectivity index (χ4v) is 2.91. The Kier molecular flexibility index (Phi) is 2.82. The van der Waals surface area contributed by atoms with Gasteiger partial charge in [0.25, 0.3) is 0 Å².